The fourth-order valence-corrected chi connectivity index (χ4v) is 2.65. The highest BCUT2D eigenvalue weighted by molar-refractivity contribution is 6.74. The van der Waals surface area contributed by atoms with E-state index >= 15 is 0 Å². The van der Waals surface area contributed by atoms with Crippen molar-refractivity contribution in [1.82, 2.24) is 0 Å². The molecule has 0 aliphatic rings. The average molecular weight is 318 g/mol. The van der Waals surface area contributed by atoms with Gasteiger partial charge in [0.2, 0.25) is 8.32 Å². The summed E-state index contributed by atoms with van der Waals surface area (Å²) in [6.07, 6.45) is 4.46. The third kappa shape index (κ3) is 5.19. The van der Waals surface area contributed by atoms with Crippen molar-refractivity contribution >= 4 is 19.9 Å². The standard InChI is InChI=1S/C18H26O3Si/c1-14(9-7-12-17(19)20)15-10-8-11-16(13-15)21-22(5,6)18(2,3)4/h7-13H,1-6H3,(H,19,20). The van der Waals surface area contributed by atoms with Crippen molar-refractivity contribution in [2.24, 2.45) is 0 Å². The summed E-state index contributed by atoms with van der Waals surface area (Å²) in [4.78, 5) is 10.5. The summed E-state index contributed by atoms with van der Waals surface area (Å²) < 4.78 is 6.30. The van der Waals surface area contributed by atoms with E-state index in [1.165, 1.54) is 0 Å². The summed E-state index contributed by atoms with van der Waals surface area (Å²) in [5, 5.41) is 8.76. The number of carboxylic acid groups (broad SMARTS) is 1. The maximum absolute atomic E-state index is 10.5. The quantitative estimate of drug-likeness (QED) is 0.466. The van der Waals surface area contributed by atoms with Crippen LogP contribution in [-0.2, 0) is 4.79 Å². The zero-order valence-corrected chi connectivity index (χ0v) is 15.3. The average Bonchev–Trinajstić information content (AvgIpc) is 2.36. The molecule has 0 heterocycles. The van der Waals surface area contributed by atoms with Gasteiger partial charge in [0.05, 0.1) is 0 Å². The molecule has 1 aromatic carbocycles. The fraction of sp³-hybridized carbons (Fsp3) is 0.389. The number of hydrogen-bond acceptors (Lipinski definition) is 2. The number of aliphatic carboxylic acids is 1. The van der Waals surface area contributed by atoms with Gasteiger partial charge in [-0.25, -0.2) is 4.79 Å². The second kappa shape index (κ2) is 6.96. The predicted molar refractivity (Wildman–Crippen MR) is 94.7 cm³/mol. The topological polar surface area (TPSA) is 46.5 Å². The van der Waals surface area contributed by atoms with E-state index in [9.17, 15) is 4.79 Å². The molecule has 0 unspecified atom stereocenters. The Balaban J connectivity index is 2.98. The molecular formula is C18H26O3Si. The smallest absolute Gasteiger partial charge is 0.328 e. The molecule has 4 heteroatoms. The van der Waals surface area contributed by atoms with Crippen molar-refractivity contribution in [3.63, 3.8) is 0 Å². The minimum Gasteiger partial charge on any atom is -0.543 e. The van der Waals surface area contributed by atoms with Gasteiger partial charge in [-0.3, -0.25) is 0 Å². The van der Waals surface area contributed by atoms with E-state index in [2.05, 4.69) is 33.9 Å². The molecule has 0 aromatic heterocycles. The molecule has 0 aliphatic heterocycles. The van der Waals surface area contributed by atoms with Gasteiger partial charge in [0.1, 0.15) is 5.75 Å². The molecule has 0 fully saturated rings. The Morgan fingerprint density at radius 1 is 1.27 bits per heavy atom. The number of carboxylic acids is 1. The van der Waals surface area contributed by atoms with Crippen molar-refractivity contribution in [3.05, 3.63) is 48.1 Å². The molecule has 3 nitrogen and oxygen atoms in total. The second-order valence-electron chi connectivity index (χ2n) is 6.94. The van der Waals surface area contributed by atoms with E-state index in [1.54, 1.807) is 12.2 Å². The van der Waals surface area contributed by atoms with Crippen molar-refractivity contribution < 1.29 is 14.3 Å². The lowest BCUT2D eigenvalue weighted by Crippen LogP contribution is -2.43. The van der Waals surface area contributed by atoms with Crippen LogP contribution in [0.1, 0.15) is 33.3 Å². The zero-order valence-electron chi connectivity index (χ0n) is 14.3. The maximum atomic E-state index is 10.5. The fourth-order valence-electron chi connectivity index (χ4n) is 1.62. The number of hydrogen-bond donors (Lipinski definition) is 1. The van der Waals surface area contributed by atoms with Gasteiger partial charge in [-0.05, 0) is 48.3 Å². The van der Waals surface area contributed by atoms with Gasteiger partial charge in [-0.2, -0.15) is 0 Å². The Morgan fingerprint density at radius 3 is 2.45 bits per heavy atom. The lowest BCUT2D eigenvalue weighted by molar-refractivity contribution is -0.131. The normalized spacial score (nSPS) is 13.5. The van der Waals surface area contributed by atoms with Gasteiger partial charge in [0.25, 0.3) is 0 Å². The minimum absolute atomic E-state index is 0.151. The zero-order chi connectivity index (χ0) is 17.0. The van der Waals surface area contributed by atoms with Crippen LogP contribution in [0.3, 0.4) is 0 Å². The lowest BCUT2D eigenvalue weighted by Gasteiger charge is -2.36. The molecule has 0 atom stereocenters. The molecular weight excluding hydrogens is 292 g/mol. The summed E-state index contributed by atoms with van der Waals surface area (Å²) in [6.45, 7) is 13.0. The summed E-state index contributed by atoms with van der Waals surface area (Å²) in [5.74, 6) is -0.0712. The maximum Gasteiger partial charge on any atom is 0.328 e. The second-order valence-corrected chi connectivity index (χ2v) is 11.7. The monoisotopic (exact) mass is 318 g/mol. The summed E-state index contributed by atoms with van der Waals surface area (Å²) in [5.41, 5.74) is 2.03. The van der Waals surface area contributed by atoms with Crippen LogP contribution in [0.2, 0.25) is 18.1 Å². The van der Waals surface area contributed by atoms with E-state index in [0.29, 0.717) is 0 Å². The van der Waals surface area contributed by atoms with E-state index in [-0.39, 0.29) is 5.04 Å². The van der Waals surface area contributed by atoms with Crippen LogP contribution in [0, 0.1) is 0 Å². The Bertz CT molecular complexity index is 593. The molecule has 0 bridgehead atoms. The lowest BCUT2D eigenvalue weighted by atomic mass is 10.1. The minimum atomic E-state index is -1.85. The Hall–Kier alpha value is -1.81. The number of allylic oxidation sites excluding steroid dienone is 3. The van der Waals surface area contributed by atoms with Gasteiger partial charge < -0.3 is 9.53 Å². The molecule has 22 heavy (non-hydrogen) atoms. The predicted octanol–water partition coefficient (Wildman–Crippen LogP) is 5.11. The molecule has 0 spiro atoms. The number of rotatable bonds is 5. The highest BCUT2D eigenvalue weighted by Crippen LogP contribution is 2.37. The first kappa shape index (κ1) is 18.2. The molecule has 1 aromatic rings. The molecule has 0 radical (unpaired) electrons. The molecule has 1 N–H and O–H groups in total. The van der Waals surface area contributed by atoms with Crippen LogP contribution >= 0.6 is 0 Å². The summed E-state index contributed by atoms with van der Waals surface area (Å²) in [6, 6.07) is 7.96. The Morgan fingerprint density at radius 2 is 1.91 bits per heavy atom. The van der Waals surface area contributed by atoms with Crippen molar-refractivity contribution in [2.45, 2.75) is 45.8 Å². The highest BCUT2D eigenvalue weighted by atomic mass is 28.4. The van der Waals surface area contributed by atoms with Gasteiger partial charge in [-0.1, -0.05) is 45.1 Å². The Kier molecular flexibility index (Phi) is 5.77. The highest BCUT2D eigenvalue weighted by Gasteiger charge is 2.38. The molecule has 0 saturated carbocycles. The van der Waals surface area contributed by atoms with Gasteiger partial charge in [0.15, 0.2) is 0 Å². The van der Waals surface area contributed by atoms with Gasteiger partial charge in [0, 0.05) is 6.08 Å². The van der Waals surface area contributed by atoms with E-state index in [4.69, 9.17) is 9.53 Å². The van der Waals surface area contributed by atoms with Crippen molar-refractivity contribution in [2.75, 3.05) is 0 Å². The van der Waals surface area contributed by atoms with Crippen LogP contribution in [0.25, 0.3) is 5.57 Å². The van der Waals surface area contributed by atoms with Crippen molar-refractivity contribution in [1.29, 1.82) is 0 Å². The molecule has 0 aliphatic carbocycles. The van der Waals surface area contributed by atoms with Crippen LogP contribution in [0.5, 0.6) is 5.75 Å². The third-order valence-corrected chi connectivity index (χ3v) is 8.41. The first-order valence-corrected chi connectivity index (χ1v) is 10.3. The van der Waals surface area contributed by atoms with Crippen LogP contribution in [0.4, 0.5) is 0 Å². The van der Waals surface area contributed by atoms with Gasteiger partial charge in [-0.15, -0.1) is 0 Å². The summed E-state index contributed by atoms with van der Waals surface area (Å²) >= 11 is 0. The van der Waals surface area contributed by atoms with Gasteiger partial charge >= 0.3 is 5.97 Å². The van der Waals surface area contributed by atoms with Crippen molar-refractivity contribution in [3.8, 4) is 5.75 Å². The Labute approximate surface area is 134 Å². The first-order valence-electron chi connectivity index (χ1n) is 7.40. The number of benzene rings is 1. The molecule has 0 saturated heterocycles. The third-order valence-electron chi connectivity index (χ3n) is 4.05. The van der Waals surface area contributed by atoms with Crippen LogP contribution < -0.4 is 4.43 Å². The van der Waals surface area contributed by atoms with Crippen LogP contribution in [-0.4, -0.2) is 19.4 Å². The molecule has 0 amide bonds. The largest absolute Gasteiger partial charge is 0.543 e. The van der Waals surface area contributed by atoms with Crippen LogP contribution in [0.15, 0.2) is 42.5 Å². The summed E-state index contributed by atoms with van der Waals surface area (Å²) in [7, 11) is -1.85. The molecule has 1 rings (SSSR count). The SMILES string of the molecule is CC(=CC=CC(=O)O)c1cccc(O[Si](C)(C)C(C)(C)C)c1. The molecule has 120 valence electrons. The first-order chi connectivity index (χ1) is 10.0. The van der Waals surface area contributed by atoms with E-state index in [0.717, 1.165) is 23.0 Å². The van der Waals surface area contributed by atoms with E-state index in [1.807, 2.05) is 31.2 Å². The number of carbonyl (C=O) groups is 1. The van der Waals surface area contributed by atoms with E-state index < -0.39 is 14.3 Å².